The molecule has 0 aliphatic rings. The highest BCUT2D eigenvalue weighted by Gasteiger charge is 2.26. The van der Waals surface area contributed by atoms with Crippen molar-refractivity contribution in [1.29, 1.82) is 0 Å². The first-order chi connectivity index (χ1) is 13.9. The zero-order chi connectivity index (χ0) is 21.2. The Morgan fingerprint density at radius 1 is 1.07 bits per heavy atom. The molecule has 0 heterocycles. The van der Waals surface area contributed by atoms with Crippen molar-refractivity contribution in [2.75, 3.05) is 5.75 Å². The average molecular weight is 433 g/mol. The Morgan fingerprint density at radius 3 is 2.41 bits per heavy atom. The van der Waals surface area contributed by atoms with Crippen LogP contribution in [-0.4, -0.2) is 34.6 Å². The van der Waals surface area contributed by atoms with Crippen LogP contribution in [0.5, 0.6) is 0 Å². The minimum Gasteiger partial charge on any atom is -0.352 e. The smallest absolute Gasteiger partial charge is 0.242 e. The van der Waals surface area contributed by atoms with Crippen molar-refractivity contribution in [3.05, 3.63) is 70.7 Å². The number of hydrogen-bond acceptors (Lipinski definition) is 3. The Kier molecular flexibility index (Phi) is 9.55. The van der Waals surface area contributed by atoms with Crippen LogP contribution in [0.3, 0.4) is 0 Å². The minimum atomic E-state index is -0.538. The standard InChI is InChI=1S/C23H29ClN2O2S/c1-4-17(2)25-23(28)18(3)26(14-19-9-6-5-7-10-19)22(27)16-29-15-20-11-8-12-21(24)13-20/h5-13,17-18H,4,14-16H2,1-3H3,(H,25,28)/t17-,18+/m1/s1. The van der Waals surface area contributed by atoms with Gasteiger partial charge in [0.05, 0.1) is 5.75 Å². The van der Waals surface area contributed by atoms with Gasteiger partial charge >= 0.3 is 0 Å². The fourth-order valence-electron chi connectivity index (χ4n) is 2.79. The molecule has 0 aromatic heterocycles. The summed E-state index contributed by atoms with van der Waals surface area (Å²) in [7, 11) is 0. The fraction of sp³-hybridized carbons (Fsp3) is 0.391. The van der Waals surface area contributed by atoms with Crippen LogP contribution < -0.4 is 5.32 Å². The van der Waals surface area contributed by atoms with Gasteiger partial charge in [-0.25, -0.2) is 0 Å². The maximum absolute atomic E-state index is 13.0. The van der Waals surface area contributed by atoms with Gasteiger partial charge in [-0.15, -0.1) is 11.8 Å². The Balaban J connectivity index is 2.04. The molecular formula is C23H29ClN2O2S. The van der Waals surface area contributed by atoms with Gasteiger partial charge < -0.3 is 10.2 Å². The van der Waals surface area contributed by atoms with Gasteiger partial charge in [0.1, 0.15) is 6.04 Å². The number of nitrogens with zero attached hydrogens (tertiary/aromatic N) is 1. The molecule has 1 N–H and O–H groups in total. The first-order valence-corrected chi connectivity index (χ1v) is 11.4. The molecule has 2 rings (SSSR count). The second-order valence-electron chi connectivity index (χ2n) is 7.12. The third-order valence-electron chi connectivity index (χ3n) is 4.75. The summed E-state index contributed by atoms with van der Waals surface area (Å²) in [5.41, 5.74) is 2.08. The van der Waals surface area contributed by atoms with Crippen LogP contribution in [0.1, 0.15) is 38.3 Å². The summed E-state index contributed by atoms with van der Waals surface area (Å²) in [4.78, 5) is 27.3. The minimum absolute atomic E-state index is 0.0484. The lowest BCUT2D eigenvalue weighted by Crippen LogP contribution is -2.50. The van der Waals surface area contributed by atoms with Crippen molar-refractivity contribution in [3.8, 4) is 0 Å². The first-order valence-electron chi connectivity index (χ1n) is 9.86. The lowest BCUT2D eigenvalue weighted by Gasteiger charge is -2.29. The number of nitrogens with one attached hydrogen (secondary N) is 1. The van der Waals surface area contributed by atoms with Crippen molar-refractivity contribution in [1.82, 2.24) is 10.2 Å². The lowest BCUT2D eigenvalue weighted by atomic mass is 10.1. The predicted octanol–water partition coefficient (Wildman–Crippen LogP) is 4.91. The second kappa shape index (κ2) is 11.9. The van der Waals surface area contributed by atoms with Crippen LogP contribution >= 0.6 is 23.4 Å². The normalized spacial score (nSPS) is 12.8. The van der Waals surface area contributed by atoms with E-state index < -0.39 is 6.04 Å². The first kappa shape index (κ1) is 23.3. The van der Waals surface area contributed by atoms with E-state index in [0.29, 0.717) is 23.1 Å². The van der Waals surface area contributed by atoms with Crippen molar-refractivity contribution >= 4 is 35.2 Å². The Morgan fingerprint density at radius 2 is 1.76 bits per heavy atom. The molecule has 6 heteroatoms. The quantitative estimate of drug-likeness (QED) is 0.580. The topological polar surface area (TPSA) is 49.4 Å². The molecule has 0 spiro atoms. The molecule has 0 unspecified atom stereocenters. The molecule has 0 fully saturated rings. The monoisotopic (exact) mass is 432 g/mol. The molecular weight excluding hydrogens is 404 g/mol. The van der Waals surface area contributed by atoms with Crippen LogP contribution in [0.4, 0.5) is 0 Å². The van der Waals surface area contributed by atoms with Crippen LogP contribution in [0.15, 0.2) is 54.6 Å². The van der Waals surface area contributed by atoms with Gasteiger partial charge in [-0.05, 0) is 43.5 Å². The molecule has 0 bridgehead atoms. The van der Waals surface area contributed by atoms with Crippen molar-refractivity contribution in [2.24, 2.45) is 0 Å². The van der Waals surface area contributed by atoms with Gasteiger partial charge in [-0.3, -0.25) is 9.59 Å². The van der Waals surface area contributed by atoms with E-state index in [2.05, 4.69) is 5.32 Å². The maximum Gasteiger partial charge on any atom is 0.242 e. The molecule has 2 amide bonds. The van der Waals surface area contributed by atoms with E-state index in [0.717, 1.165) is 17.5 Å². The van der Waals surface area contributed by atoms with Crippen molar-refractivity contribution in [2.45, 2.75) is 51.6 Å². The molecule has 2 aromatic rings. The number of carbonyl (C=O) groups is 2. The molecule has 156 valence electrons. The highest BCUT2D eigenvalue weighted by molar-refractivity contribution is 7.99. The molecule has 4 nitrogen and oxygen atoms in total. The van der Waals surface area contributed by atoms with Crippen LogP contribution in [0.2, 0.25) is 5.02 Å². The molecule has 2 aromatic carbocycles. The van der Waals surface area contributed by atoms with Crippen molar-refractivity contribution in [3.63, 3.8) is 0 Å². The maximum atomic E-state index is 13.0. The van der Waals surface area contributed by atoms with Gasteiger partial charge in [-0.1, -0.05) is 61.0 Å². The SMILES string of the molecule is CC[C@@H](C)NC(=O)[C@H](C)N(Cc1ccccc1)C(=O)CSCc1cccc(Cl)c1. The van der Waals surface area contributed by atoms with Gasteiger partial charge in [0.15, 0.2) is 0 Å². The van der Waals surface area contributed by atoms with E-state index in [4.69, 9.17) is 11.6 Å². The molecule has 0 aliphatic heterocycles. The predicted molar refractivity (Wildman–Crippen MR) is 122 cm³/mol. The number of benzene rings is 2. The Bertz CT molecular complexity index is 800. The van der Waals surface area contributed by atoms with E-state index in [1.54, 1.807) is 11.8 Å². The van der Waals surface area contributed by atoms with Crippen LogP contribution in [0, 0.1) is 0 Å². The number of rotatable bonds is 10. The molecule has 29 heavy (non-hydrogen) atoms. The number of amides is 2. The molecule has 0 saturated carbocycles. The van der Waals surface area contributed by atoms with Crippen LogP contribution in [0.25, 0.3) is 0 Å². The van der Waals surface area contributed by atoms with Gasteiger partial charge in [0.2, 0.25) is 11.8 Å². The Hall–Kier alpha value is -1.98. The van der Waals surface area contributed by atoms with E-state index in [1.165, 1.54) is 11.8 Å². The van der Waals surface area contributed by atoms with Gasteiger partial charge in [0.25, 0.3) is 0 Å². The highest BCUT2D eigenvalue weighted by Crippen LogP contribution is 2.18. The molecule has 2 atom stereocenters. The summed E-state index contributed by atoms with van der Waals surface area (Å²) >= 11 is 7.56. The molecule has 0 aliphatic carbocycles. The van der Waals surface area contributed by atoms with E-state index in [9.17, 15) is 9.59 Å². The van der Waals surface area contributed by atoms with Crippen LogP contribution in [-0.2, 0) is 21.9 Å². The lowest BCUT2D eigenvalue weighted by molar-refractivity contribution is -0.138. The summed E-state index contributed by atoms with van der Waals surface area (Å²) < 4.78 is 0. The zero-order valence-electron chi connectivity index (χ0n) is 17.2. The number of carbonyl (C=O) groups excluding carboxylic acids is 2. The summed E-state index contributed by atoms with van der Waals surface area (Å²) in [5, 5.41) is 3.67. The summed E-state index contributed by atoms with van der Waals surface area (Å²) in [6, 6.07) is 16.9. The Labute approximate surface area is 183 Å². The molecule has 0 radical (unpaired) electrons. The summed E-state index contributed by atoms with van der Waals surface area (Å²) in [6.45, 7) is 6.19. The number of thioether (sulfide) groups is 1. The summed E-state index contributed by atoms with van der Waals surface area (Å²) in [5.74, 6) is 0.829. The van der Waals surface area contributed by atoms with Gasteiger partial charge in [0, 0.05) is 23.4 Å². The fourth-order valence-corrected chi connectivity index (χ4v) is 3.86. The third-order valence-corrected chi connectivity index (χ3v) is 5.97. The molecule has 0 saturated heterocycles. The van der Waals surface area contributed by atoms with Gasteiger partial charge in [-0.2, -0.15) is 0 Å². The van der Waals surface area contributed by atoms with E-state index in [1.807, 2.05) is 68.4 Å². The highest BCUT2D eigenvalue weighted by atomic mass is 35.5. The summed E-state index contributed by atoms with van der Waals surface area (Å²) in [6.07, 6.45) is 0.848. The third kappa shape index (κ3) is 7.75. The number of hydrogen-bond donors (Lipinski definition) is 1. The van der Waals surface area contributed by atoms with Crippen molar-refractivity contribution < 1.29 is 9.59 Å². The second-order valence-corrected chi connectivity index (χ2v) is 8.55. The average Bonchev–Trinajstić information content (AvgIpc) is 2.72. The number of halogens is 1. The van der Waals surface area contributed by atoms with E-state index >= 15 is 0 Å². The van der Waals surface area contributed by atoms with E-state index in [-0.39, 0.29) is 17.9 Å². The largest absolute Gasteiger partial charge is 0.352 e. The zero-order valence-corrected chi connectivity index (χ0v) is 18.8.